The number of sulfonamides is 1. The molecule has 0 bridgehead atoms. The molecule has 1 saturated carbocycles. The number of aryl methyl sites for hydroxylation is 1. The van der Waals surface area contributed by atoms with E-state index in [0.717, 1.165) is 22.6 Å². The number of hydrogen-bond acceptors (Lipinski definition) is 5. The maximum atomic E-state index is 12.6. The zero-order valence-electron chi connectivity index (χ0n) is 15.5. The molecule has 1 aromatic carbocycles. The fraction of sp³-hybridized carbons (Fsp3) is 0.400. The highest BCUT2D eigenvalue weighted by atomic mass is 32.2. The average molecular weight is 385 g/mol. The van der Waals surface area contributed by atoms with Crippen LogP contribution < -0.4 is 4.90 Å². The third kappa shape index (κ3) is 4.36. The van der Waals surface area contributed by atoms with Gasteiger partial charge in [0.25, 0.3) is 0 Å². The van der Waals surface area contributed by atoms with Crippen LogP contribution in [0.1, 0.15) is 35.6 Å². The average Bonchev–Trinajstić information content (AvgIpc) is 3.53. The molecule has 1 aromatic heterocycles. The van der Waals surface area contributed by atoms with Crippen LogP contribution in [0.25, 0.3) is 6.08 Å². The van der Waals surface area contributed by atoms with Crippen molar-refractivity contribution in [3.8, 4) is 0 Å². The first-order valence-electron chi connectivity index (χ1n) is 9.33. The Kier molecular flexibility index (Phi) is 4.97. The lowest BCUT2D eigenvalue weighted by atomic mass is 10.2. The summed E-state index contributed by atoms with van der Waals surface area (Å²) in [4.78, 5) is 10.9. The summed E-state index contributed by atoms with van der Waals surface area (Å²) in [5.74, 6) is 1.49. The van der Waals surface area contributed by atoms with Crippen molar-refractivity contribution in [3.05, 3.63) is 58.9 Å². The minimum atomic E-state index is -3.42. The van der Waals surface area contributed by atoms with E-state index < -0.39 is 10.0 Å². The summed E-state index contributed by atoms with van der Waals surface area (Å²) < 4.78 is 26.8. The van der Waals surface area contributed by atoms with Crippen molar-refractivity contribution >= 4 is 21.9 Å². The minimum absolute atomic E-state index is 0.462. The van der Waals surface area contributed by atoms with Crippen molar-refractivity contribution in [2.24, 2.45) is 0 Å². The van der Waals surface area contributed by atoms with Crippen molar-refractivity contribution in [2.75, 3.05) is 31.1 Å². The molecular weight excluding hydrogens is 360 g/mol. The van der Waals surface area contributed by atoms with Gasteiger partial charge in [0.1, 0.15) is 12.1 Å². The van der Waals surface area contributed by atoms with Gasteiger partial charge in [-0.1, -0.05) is 29.8 Å². The Balaban J connectivity index is 1.39. The number of hydrogen-bond donors (Lipinski definition) is 0. The predicted octanol–water partition coefficient (Wildman–Crippen LogP) is 2.79. The van der Waals surface area contributed by atoms with Gasteiger partial charge in [0.15, 0.2) is 0 Å². The summed E-state index contributed by atoms with van der Waals surface area (Å²) in [5.41, 5.74) is 3.15. The SMILES string of the molecule is Cc1ccc(C=CS(=O)(=O)N2CCN(c3cc(C4CC4)ncn3)CC2)cc1. The molecule has 2 heterocycles. The lowest BCUT2D eigenvalue weighted by Gasteiger charge is -2.34. The van der Waals surface area contributed by atoms with Crippen LogP contribution in [0.4, 0.5) is 5.82 Å². The molecule has 6 nitrogen and oxygen atoms in total. The Morgan fingerprint density at radius 1 is 1.04 bits per heavy atom. The summed E-state index contributed by atoms with van der Waals surface area (Å²) in [6.07, 6.45) is 5.69. The summed E-state index contributed by atoms with van der Waals surface area (Å²) in [5, 5.41) is 1.31. The largest absolute Gasteiger partial charge is 0.354 e. The predicted molar refractivity (Wildman–Crippen MR) is 107 cm³/mol. The van der Waals surface area contributed by atoms with E-state index in [-0.39, 0.29) is 0 Å². The van der Waals surface area contributed by atoms with Crippen LogP contribution in [0.3, 0.4) is 0 Å². The van der Waals surface area contributed by atoms with Crippen LogP contribution in [0.5, 0.6) is 0 Å². The standard InChI is InChI=1S/C20H24N4O2S/c1-16-2-4-17(5-3-16)8-13-27(25,26)24-11-9-23(10-12-24)20-14-19(18-6-7-18)21-15-22-20/h2-5,8,13-15,18H,6-7,9-12H2,1H3. The topological polar surface area (TPSA) is 66.4 Å². The first-order valence-corrected chi connectivity index (χ1v) is 10.8. The molecule has 1 saturated heterocycles. The normalized spacial score (nSPS) is 18.9. The van der Waals surface area contributed by atoms with E-state index in [1.807, 2.05) is 31.2 Å². The lowest BCUT2D eigenvalue weighted by Crippen LogP contribution is -2.48. The van der Waals surface area contributed by atoms with E-state index >= 15 is 0 Å². The van der Waals surface area contributed by atoms with E-state index in [4.69, 9.17) is 0 Å². The van der Waals surface area contributed by atoms with Gasteiger partial charge in [-0.2, -0.15) is 4.31 Å². The first-order chi connectivity index (χ1) is 13.0. The van der Waals surface area contributed by atoms with Crippen LogP contribution in [-0.4, -0.2) is 48.9 Å². The summed E-state index contributed by atoms with van der Waals surface area (Å²) in [7, 11) is -3.42. The quantitative estimate of drug-likeness (QED) is 0.793. The second kappa shape index (κ2) is 7.40. The zero-order valence-corrected chi connectivity index (χ0v) is 16.3. The van der Waals surface area contributed by atoms with Gasteiger partial charge in [0.05, 0.1) is 0 Å². The molecule has 2 aliphatic rings. The van der Waals surface area contributed by atoms with Gasteiger partial charge in [-0.05, 0) is 31.4 Å². The molecule has 1 aliphatic heterocycles. The molecule has 0 amide bonds. The number of anilines is 1. The van der Waals surface area contributed by atoms with Gasteiger partial charge in [-0.25, -0.2) is 18.4 Å². The van der Waals surface area contributed by atoms with Gasteiger partial charge in [0.2, 0.25) is 10.0 Å². The van der Waals surface area contributed by atoms with Crippen LogP contribution >= 0.6 is 0 Å². The molecule has 0 radical (unpaired) electrons. The molecule has 7 heteroatoms. The van der Waals surface area contributed by atoms with Crippen molar-refractivity contribution in [1.82, 2.24) is 14.3 Å². The fourth-order valence-electron chi connectivity index (χ4n) is 3.24. The molecule has 0 atom stereocenters. The third-order valence-corrected chi connectivity index (χ3v) is 6.67. The van der Waals surface area contributed by atoms with Crippen molar-refractivity contribution in [3.63, 3.8) is 0 Å². The van der Waals surface area contributed by atoms with Crippen molar-refractivity contribution in [2.45, 2.75) is 25.7 Å². The van der Waals surface area contributed by atoms with E-state index in [1.165, 1.54) is 22.6 Å². The molecule has 0 spiro atoms. The minimum Gasteiger partial charge on any atom is -0.354 e. The Labute approximate surface area is 160 Å². The van der Waals surface area contributed by atoms with Crippen LogP contribution in [0.2, 0.25) is 0 Å². The highest BCUT2D eigenvalue weighted by Gasteiger charge is 2.28. The molecule has 1 aliphatic carbocycles. The molecule has 142 valence electrons. The Morgan fingerprint density at radius 2 is 1.74 bits per heavy atom. The highest BCUT2D eigenvalue weighted by molar-refractivity contribution is 7.92. The van der Waals surface area contributed by atoms with Gasteiger partial charge in [0, 0.05) is 49.3 Å². The second-order valence-electron chi connectivity index (χ2n) is 7.22. The number of nitrogens with zero attached hydrogens (tertiary/aromatic N) is 4. The zero-order chi connectivity index (χ0) is 18.9. The summed E-state index contributed by atoms with van der Waals surface area (Å²) in [6.45, 7) is 4.21. The molecule has 2 fully saturated rings. The molecule has 2 aromatic rings. The maximum Gasteiger partial charge on any atom is 0.236 e. The monoisotopic (exact) mass is 384 g/mol. The lowest BCUT2D eigenvalue weighted by molar-refractivity contribution is 0.388. The van der Waals surface area contributed by atoms with Crippen LogP contribution in [0, 0.1) is 6.92 Å². The third-order valence-electron chi connectivity index (χ3n) is 5.10. The van der Waals surface area contributed by atoms with Gasteiger partial charge in [-0.3, -0.25) is 0 Å². The maximum absolute atomic E-state index is 12.6. The Bertz CT molecular complexity index is 929. The number of rotatable bonds is 5. The second-order valence-corrected chi connectivity index (χ2v) is 9.04. The van der Waals surface area contributed by atoms with Gasteiger partial charge in [-0.15, -0.1) is 0 Å². The smallest absolute Gasteiger partial charge is 0.236 e. The van der Waals surface area contributed by atoms with E-state index in [2.05, 4.69) is 20.9 Å². The summed E-state index contributed by atoms with van der Waals surface area (Å²) in [6, 6.07) is 9.85. The van der Waals surface area contributed by atoms with Crippen LogP contribution in [0.15, 0.2) is 42.1 Å². The first kappa shape index (κ1) is 18.1. The summed E-state index contributed by atoms with van der Waals surface area (Å²) >= 11 is 0. The van der Waals surface area contributed by atoms with E-state index in [9.17, 15) is 8.42 Å². The number of aromatic nitrogens is 2. The molecular formula is C20H24N4O2S. The Hall–Kier alpha value is -2.25. The van der Waals surface area contributed by atoms with E-state index in [1.54, 1.807) is 12.4 Å². The van der Waals surface area contributed by atoms with Gasteiger partial charge < -0.3 is 4.90 Å². The highest BCUT2D eigenvalue weighted by Crippen LogP contribution is 2.39. The van der Waals surface area contributed by atoms with Gasteiger partial charge >= 0.3 is 0 Å². The molecule has 0 unspecified atom stereocenters. The van der Waals surface area contributed by atoms with Crippen LogP contribution in [-0.2, 0) is 10.0 Å². The molecule has 0 N–H and O–H groups in total. The Morgan fingerprint density at radius 3 is 2.41 bits per heavy atom. The van der Waals surface area contributed by atoms with Crippen molar-refractivity contribution in [1.29, 1.82) is 0 Å². The fourth-order valence-corrected chi connectivity index (χ4v) is 4.41. The number of piperazine rings is 1. The molecule has 27 heavy (non-hydrogen) atoms. The molecule has 4 rings (SSSR count). The number of benzene rings is 1. The van der Waals surface area contributed by atoms with E-state index in [0.29, 0.717) is 32.1 Å². The van der Waals surface area contributed by atoms with Crippen molar-refractivity contribution < 1.29 is 8.42 Å².